The van der Waals surface area contributed by atoms with Gasteiger partial charge in [0.2, 0.25) is 0 Å². The minimum Gasteiger partial charge on any atom is -0.494 e. The van der Waals surface area contributed by atoms with E-state index >= 15 is 0 Å². The number of fused-ring (bicyclic) bond motifs is 2. The molecule has 2 N–H and O–H groups in total. The van der Waals surface area contributed by atoms with Crippen LogP contribution in [0.1, 0.15) is 80.9 Å². The Kier molecular flexibility index (Phi) is 11.8. The molecule has 4 heterocycles. The molecule has 0 radical (unpaired) electrons. The lowest BCUT2D eigenvalue weighted by molar-refractivity contribution is -0.149. The summed E-state index contributed by atoms with van der Waals surface area (Å²) in [6.07, 6.45) is 7.46. The van der Waals surface area contributed by atoms with E-state index in [9.17, 15) is 14.4 Å². The summed E-state index contributed by atoms with van der Waals surface area (Å²) in [5.41, 5.74) is 4.81. The van der Waals surface area contributed by atoms with E-state index in [0.717, 1.165) is 81.2 Å². The summed E-state index contributed by atoms with van der Waals surface area (Å²) in [6, 6.07) is 22.0. The predicted octanol–water partition coefficient (Wildman–Crippen LogP) is 7.68. The fourth-order valence-corrected chi connectivity index (χ4v) is 9.96. The van der Waals surface area contributed by atoms with Gasteiger partial charge in [0, 0.05) is 54.6 Å². The molecule has 0 bridgehead atoms. The number of aliphatic carboxylic acids is 1. The molecule has 1 aliphatic carbocycles. The molecule has 2 aromatic heterocycles. The minimum atomic E-state index is -0.671. The number of carbonyl (C=O) groups is 3. The van der Waals surface area contributed by atoms with Crippen molar-refractivity contribution in [2.45, 2.75) is 64.0 Å². The Morgan fingerprint density at radius 2 is 1.77 bits per heavy atom. The lowest BCUT2D eigenvalue weighted by atomic mass is 9.82. The van der Waals surface area contributed by atoms with Gasteiger partial charge in [0.25, 0.3) is 5.91 Å². The van der Waals surface area contributed by atoms with Gasteiger partial charge in [-0.3, -0.25) is 19.8 Å². The van der Waals surface area contributed by atoms with Crippen molar-refractivity contribution in [2.24, 2.45) is 11.8 Å². The lowest BCUT2D eigenvalue weighted by Gasteiger charge is -2.45. The Morgan fingerprint density at radius 1 is 0.965 bits per heavy atom. The summed E-state index contributed by atoms with van der Waals surface area (Å²) in [5, 5.41) is 13.4. The second-order valence-corrected chi connectivity index (χ2v) is 17.1. The predicted molar refractivity (Wildman–Crippen MR) is 222 cm³/mol. The number of carboxylic acids is 1. The Labute approximate surface area is 340 Å². The molecule has 2 fully saturated rings. The van der Waals surface area contributed by atoms with Gasteiger partial charge in [-0.25, -0.2) is 14.8 Å². The van der Waals surface area contributed by atoms with Crippen LogP contribution >= 0.6 is 22.7 Å². The molecule has 13 heteroatoms. The number of likely N-dealkylation sites (tertiary alicyclic amines) is 1. The molecule has 3 aliphatic rings. The van der Waals surface area contributed by atoms with Gasteiger partial charge < -0.3 is 19.5 Å². The number of thiazole rings is 2. The molecule has 5 aromatic rings. The number of hydrogen-bond acceptors (Lipinski definition) is 11. The molecule has 2 aliphatic heterocycles. The Bertz CT molecular complexity index is 2280. The molecule has 0 atom stereocenters. The molecule has 11 nitrogen and oxygen atoms in total. The van der Waals surface area contributed by atoms with Crippen LogP contribution in [0.4, 0.5) is 10.3 Å². The van der Waals surface area contributed by atoms with E-state index in [1.165, 1.54) is 29.8 Å². The Morgan fingerprint density at radius 3 is 2.54 bits per heavy atom. The number of carbonyl (C=O) groups excluding carboxylic acids is 2. The Balaban J connectivity index is 0.824. The van der Waals surface area contributed by atoms with Crippen molar-refractivity contribution < 1.29 is 29.0 Å². The van der Waals surface area contributed by atoms with Crippen LogP contribution < -0.4 is 15.0 Å². The second kappa shape index (κ2) is 17.5. The largest absolute Gasteiger partial charge is 0.494 e. The van der Waals surface area contributed by atoms with E-state index in [1.807, 2.05) is 60.7 Å². The third kappa shape index (κ3) is 8.99. The van der Waals surface area contributed by atoms with Crippen molar-refractivity contribution >= 4 is 61.0 Å². The fourth-order valence-electron chi connectivity index (χ4n) is 7.98. The first-order valence-corrected chi connectivity index (χ1v) is 21.2. The maximum absolute atomic E-state index is 13.5. The zero-order valence-electron chi connectivity index (χ0n) is 31.9. The standard InChI is InChI=1S/C44H45N5O6S2/c1-54-42(53)39-38(13-6-24-55-33-20-16-29(17-21-33)8-4-7-28-14-18-32(19-15-28)49-25-31(26-49)41(51)52)57-44(46-39)48-23-22-30-9-5-10-34(35(30)27-48)40(50)47-43-45-36-11-2-3-12-37(36)56-43/h2-3,5,9-12,16-17,20-21,28,31-32H,6-7,13-15,18-19,22-27H2,1H3,(H,51,52)(H,45,47,50). The molecule has 0 spiro atoms. The van der Waals surface area contributed by atoms with Crippen molar-refractivity contribution in [1.82, 2.24) is 14.9 Å². The van der Waals surface area contributed by atoms with Gasteiger partial charge in [-0.1, -0.05) is 47.4 Å². The number of methoxy groups -OCH3 is 1. The lowest BCUT2D eigenvalue weighted by Crippen LogP contribution is -2.55. The normalized spacial score (nSPS) is 18.2. The summed E-state index contributed by atoms with van der Waals surface area (Å²) in [5.74, 6) is 6.53. The topological polar surface area (TPSA) is 134 Å². The smallest absolute Gasteiger partial charge is 0.357 e. The van der Waals surface area contributed by atoms with Crippen LogP contribution in [0.25, 0.3) is 10.2 Å². The van der Waals surface area contributed by atoms with Gasteiger partial charge >= 0.3 is 11.9 Å². The van der Waals surface area contributed by atoms with Crippen LogP contribution in [0, 0.1) is 23.7 Å². The summed E-state index contributed by atoms with van der Waals surface area (Å²) < 4.78 is 12.2. The molecule has 294 valence electrons. The molecule has 1 amide bonds. The highest BCUT2D eigenvalue weighted by Crippen LogP contribution is 2.35. The van der Waals surface area contributed by atoms with E-state index in [-0.39, 0.29) is 11.8 Å². The molecule has 3 aromatic carbocycles. The van der Waals surface area contributed by atoms with Gasteiger partial charge in [0.05, 0.1) is 29.9 Å². The monoisotopic (exact) mass is 803 g/mol. The average Bonchev–Trinajstić information content (AvgIpc) is 3.83. The third-order valence-electron chi connectivity index (χ3n) is 11.3. The van der Waals surface area contributed by atoms with Crippen LogP contribution in [0.15, 0.2) is 66.7 Å². The number of esters is 1. The maximum Gasteiger partial charge on any atom is 0.357 e. The van der Waals surface area contributed by atoms with Gasteiger partial charge in [-0.05, 0) is 104 Å². The quantitative estimate of drug-likeness (QED) is 0.0735. The number of aryl methyl sites for hydroxylation is 1. The van der Waals surface area contributed by atoms with E-state index < -0.39 is 11.9 Å². The minimum absolute atomic E-state index is 0.189. The average molecular weight is 804 g/mol. The van der Waals surface area contributed by atoms with Gasteiger partial charge in [0.15, 0.2) is 16.0 Å². The fraction of sp³-hybridized carbons (Fsp3) is 0.386. The van der Waals surface area contributed by atoms with Crippen LogP contribution in [0.3, 0.4) is 0 Å². The maximum atomic E-state index is 13.5. The van der Waals surface area contributed by atoms with E-state index in [4.69, 9.17) is 19.6 Å². The van der Waals surface area contributed by atoms with Crippen LogP contribution in [-0.2, 0) is 28.9 Å². The van der Waals surface area contributed by atoms with Crippen molar-refractivity contribution in [3.63, 3.8) is 0 Å². The number of para-hydroxylation sites is 1. The van der Waals surface area contributed by atoms with E-state index in [2.05, 4.69) is 38.0 Å². The number of nitrogens with one attached hydrogen (secondary N) is 1. The van der Waals surface area contributed by atoms with Crippen molar-refractivity contribution in [3.05, 3.63) is 99.6 Å². The summed E-state index contributed by atoms with van der Waals surface area (Å²) in [7, 11) is 1.37. The highest BCUT2D eigenvalue weighted by atomic mass is 32.1. The zero-order chi connectivity index (χ0) is 39.3. The molecule has 1 saturated carbocycles. The highest BCUT2D eigenvalue weighted by molar-refractivity contribution is 7.22. The number of ether oxygens (including phenoxy) is 2. The molecular formula is C44H45N5O6S2. The first-order chi connectivity index (χ1) is 27.8. The number of nitrogens with zero attached hydrogens (tertiary/aromatic N) is 4. The molecule has 8 rings (SSSR count). The first-order valence-electron chi connectivity index (χ1n) is 19.6. The number of amides is 1. The van der Waals surface area contributed by atoms with Crippen LogP contribution in [-0.4, -0.2) is 77.2 Å². The molecule has 0 unspecified atom stereocenters. The summed E-state index contributed by atoms with van der Waals surface area (Å²) in [4.78, 5) is 52.1. The van der Waals surface area contributed by atoms with Crippen molar-refractivity contribution in [3.8, 4) is 17.6 Å². The van der Waals surface area contributed by atoms with Crippen LogP contribution in [0.2, 0.25) is 0 Å². The molecular weight excluding hydrogens is 759 g/mol. The van der Waals surface area contributed by atoms with E-state index in [0.29, 0.717) is 74.0 Å². The number of carboxylic acid groups (broad SMARTS) is 1. The van der Waals surface area contributed by atoms with Crippen molar-refractivity contribution in [1.29, 1.82) is 0 Å². The Hall–Kier alpha value is -5.29. The van der Waals surface area contributed by atoms with Gasteiger partial charge in [0.1, 0.15) is 5.75 Å². The second-order valence-electron chi connectivity index (χ2n) is 15.0. The summed E-state index contributed by atoms with van der Waals surface area (Å²) in [6.45, 7) is 3.07. The van der Waals surface area contributed by atoms with E-state index in [1.54, 1.807) is 0 Å². The summed E-state index contributed by atoms with van der Waals surface area (Å²) >= 11 is 2.94. The number of benzene rings is 3. The number of anilines is 2. The van der Waals surface area contributed by atoms with Gasteiger partial charge in [-0.15, -0.1) is 11.3 Å². The third-order valence-corrected chi connectivity index (χ3v) is 13.4. The van der Waals surface area contributed by atoms with Crippen LogP contribution in [0.5, 0.6) is 5.75 Å². The molecule has 57 heavy (non-hydrogen) atoms. The molecule has 1 saturated heterocycles. The number of aromatic nitrogens is 2. The van der Waals surface area contributed by atoms with Crippen molar-refractivity contribution in [2.75, 3.05) is 43.6 Å². The SMILES string of the molecule is COC(=O)c1nc(N2CCc3cccc(C(=O)Nc4nc5ccccc5s4)c3C2)sc1CCCOc1ccc(C#CCC2CCC(N3CC(C(=O)O)C3)CC2)cc1. The number of rotatable bonds is 12. The highest BCUT2D eigenvalue weighted by Gasteiger charge is 2.38. The first kappa shape index (κ1) is 38.6. The zero-order valence-corrected chi connectivity index (χ0v) is 33.5. The van der Waals surface area contributed by atoms with Gasteiger partial charge in [-0.2, -0.15) is 0 Å². The number of hydrogen-bond donors (Lipinski definition) is 2.